The molecule has 3 aromatic carbocycles. The molecule has 0 saturated heterocycles. The van der Waals surface area contributed by atoms with Crippen molar-refractivity contribution in [3.8, 4) is 28.0 Å². The fourth-order valence-electron chi connectivity index (χ4n) is 4.98. The summed E-state index contributed by atoms with van der Waals surface area (Å²) in [5.41, 5.74) is 12.0. The number of ether oxygens (including phenoxy) is 1. The van der Waals surface area contributed by atoms with Crippen LogP contribution in [0.1, 0.15) is 104 Å². The molecule has 0 spiro atoms. The first kappa shape index (κ1) is 29.0. The molecule has 0 aliphatic heterocycles. The lowest BCUT2D eigenvalue weighted by Gasteiger charge is -2.27. The van der Waals surface area contributed by atoms with Gasteiger partial charge in [0, 0.05) is 5.56 Å². The second kappa shape index (κ2) is 10.3. The smallest absolute Gasteiger partial charge is 0.126 e. The molecular formula is C36H50O. The number of hydrogen-bond acceptors (Lipinski definition) is 1. The van der Waals surface area contributed by atoms with Crippen LogP contribution in [0.4, 0.5) is 0 Å². The van der Waals surface area contributed by atoms with Crippen molar-refractivity contribution in [3.63, 3.8) is 0 Å². The summed E-state index contributed by atoms with van der Waals surface area (Å²) in [6.45, 7) is 27.6. The molecule has 0 saturated carbocycles. The average molecular weight is 499 g/mol. The maximum Gasteiger partial charge on any atom is 0.126 e. The molecule has 0 N–H and O–H groups in total. The average Bonchev–Trinajstić information content (AvgIpc) is 2.76. The lowest BCUT2D eigenvalue weighted by Crippen LogP contribution is -2.14. The van der Waals surface area contributed by atoms with Gasteiger partial charge in [0.2, 0.25) is 0 Å². The third-order valence-electron chi connectivity index (χ3n) is 7.44. The zero-order valence-corrected chi connectivity index (χ0v) is 25.8. The number of hydrogen-bond donors (Lipinski definition) is 0. The lowest BCUT2D eigenvalue weighted by molar-refractivity contribution is 0.416. The Labute approximate surface area is 227 Å². The van der Waals surface area contributed by atoms with E-state index < -0.39 is 0 Å². The summed E-state index contributed by atoms with van der Waals surface area (Å²) >= 11 is 0. The molecule has 0 unspecified atom stereocenters. The Balaban J connectivity index is 2.40. The second-order valence-electron chi connectivity index (χ2n) is 14.4. The van der Waals surface area contributed by atoms with Gasteiger partial charge in [-0.2, -0.15) is 0 Å². The fraction of sp³-hybridized carbons (Fsp3) is 0.500. The first-order chi connectivity index (χ1) is 16.9. The standard InChI is InChI=1S/C36H50O/c1-23(2)16-25-17-26(19-28(18-25)35(7,8)9)30-21-29(36(10,11)12)22-31(24(30)3)32-20-27(34(4,5)6)14-15-33(32)37-13/h14-15,17-23H,16H2,1-13H3. The summed E-state index contributed by atoms with van der Waals surface area (Å²) in [7, 11) is 1.78. The van der Waals surface area contributed by atoms with E-state index >= 15 is 0 Å². The predicted octanol–water partition coefficient (Wildman–Crippen LogP) is 10.4. The summed E-state index contributed by atoms with van der Waals surface area (Å²) in [4.78, 5) is 0. The molecule has 0 amide bonds. The van der Waals surface area contributed by atoms with Gasteiger partial charge in [0.05, 0.1) is 7.11 Å². The highest BCUT2D eigenvalue weighted by atomic mass is 16.5. The van der Waals surface area contributed by atoms with Gasteiger partial charge in [-0.05, 0) is 92.1 Å². The predicted molar refractivity (Wildman–Crippen MR) is 163 cm³/mol. The monoisotopic (exact) mass is 498 g/mol. The van der Waals surface area contributed by atoms with Crippen LogP contribution in [-0.4, -0.2) is 7.11 Å². The third-order valence-corrected chi connectivity index (χ3v) is 7.44. The van der Waals surface area contributed by atoms with Crippen molar-refractivity contribution in [2.24, 2.45) is 5.92 Å². The molecule has 0 radical (unpaired) electrons. The van der Waals surface area contributed by atoms with Gasteiger partial charge in [0.1, 0.15) is 5.75 Å². The van der Waals surface area contributed by atoms with Crippen LogP contribution < -0.4 is 4.74 Å². The summed E-state index contributed by atoms with van der Waals surface area (Å²) in [6, 6.07) is 18.8. The Morgan fingerprint density at radius 2 is 1.14 bits per heavy atom. The van der Waals surface area contributed by atoms with Crippen LogP contribution in [0.15, 0.2) is 48.5 Å². The van der Waals surface area contributed by atoms with E-state index in [0.29, 0.717) is 5.92 Å². The van der Waals surface area contributed by atoms with Crippen molar-refractivity contribution in [1.29, 1.82) is 0 Å². The molecular weight excluding hydrogens is 448 g/mol. The minimum atomic E-state index is 0.0223. The Hall–Kier alpha value is -2.54. The van der Waals surface area contributed by atoms with E-state index in [1.54, 1.807) is 7.11 Å². The Bertz CT molecular complexity index is 1250. The molecule has 0 fully saturated rings. The van der Waals surface area contributed by atoms with E-state index in [-0.39, 0.29) is 16.2 Å². The minimum absolute atomic E-state index is 0.0223. The maximum atomic E-state index is 5.92. The Kier molecular flexibility index (Phi) is 8.09. The molecule has 1 nitrogen and oxygen atoms in total. The molecule has 0 bridgehead atoms. The molecule has 200 valence electrons. The van der Waals surface area contributed by atoms with Gasteiger partial charge in [0.25, 0.3) is 0 Å². The Morgan fingerprint density at radius 1 is 0.622 bits per heavy atom. The van der Waals surface area contributed by atoms with Crippen molar-refractivity contribution < 1.29 is 4.74 Å². The SMILES string of the molecule is COc1ccc(C(C)(C)C)cc1-c1cc(C(C)(C)C)cc(-c2cc(CC(C)C)cc(C(C)(C)C)c2)c1C. The molecule has 0 aromatic heterocycles. The summed E-state index contributed by atoms with van der Waals surface area (Å²) in [6.07, 6.45) is 1.09. The highest BCUT2D eigenvalue weighted by molar-refractivity contribution is 5.83. The van der Waals surface area contributed by atoms with Crippen LogP contribution in [0.25, 0.3) is 22.3 Å². The van der Waals surface area contributed by atoms with Gasteiger partial charge in [-0.15, -0.1) is 0 Å². The van der Waals surface area contributed by atoms with Gasteiger partial charge < -0.3 is 4.74 Å². The Morgan fingerprint density at radius 3 is 1.65 bits per heavy atom. The number of rotatable bonds is 5. The topological polar surface area (TPSA) is 9.23 Å². The number of methoxy groups -OCH3 is 1. The normalized spacial score (nSPS) is 12.8. The highest BCUT2D eigenvalue weighted by Gasteiger charge is 2.24. The summed E-state index contributed by atoms with van der Waals surface area (Å²) in [5.74, 6) is 1.54. The van der Waals surface area contributed by atoms with Crippen LogP contribution in [0.5, 0.6) is 5.75 Å². The maximum absolute atomic E-state index is 5.92. The molecule has 37 heavy (non-hydrogen) atoms. The van der Waals surface area contributed by atoms with Gasteiger partial charge in [-0.3, -0.25) is 0 Å². The molecule has 3 aromatic rings. The highest BCUT2D eigenvalue weighted by Crippen LogP contribution is 2.42. The van der Waals surface area contributed by atoms with Crippen LogP contribution in [-0.2, 0) is 22.7 Å². The van der Waals surface area contributed by atoms with Crippen molar-refractivity contribution in [2.75, 3.05) is 7.11 Å². The van der Waals surface area contributed by atoms with E-state index in [9.17, 15) is 0 Å². The van der Waals surface area contributed by atoms with Gasteiger partial charge >= 0.3 is 0 Å². The first-order valence-electron chi connectivity index (χ1n) is 13.9. The quantitative estimate of drug-likeness (QED) is 0.340. The van der Waals surface area contributed by atoms with Crippen LogP contribution in [0, 0.1) is 12.8 Å². The van der Waals surface area contributed by atoms with Gasteiger partial charge in [-0.25, -0.2) is 0 Å². The summed E-state index contributed by atoms with van der Waals surface area (Å²) < 4.78 is 5.92. The molecule has 0 aliphatic rings. The first-order valence-corrected chi connectivity index (χ1v) is 13.9. The van der Waals surface area contributed by atoms with E-state index in [1.165, 1.54) is 50.1 Å². The third kappa shape index (κ3) is 6.67. The van der Waals surface area contributed by atoms with Crippen molar-refractivity contribution in [2.45, 2.75) is 106 Å². The van der Waals surface area contributed by atoms with Crippen molar-refractivity contribution >= 4 is 0 Å². The van der Waals surface area contributed by atoms with E-state index in [2.05, 4.69) is 132 Å². The van der Waals surface area contributed by atoms with E-state index in [4.69, 9.17) is 4.74 Å². The van der Waals surface area contributed by atoms with Crippen LogP contribution in [0.2, 0.25) is 0 Å². The van der Waals surface area contributed by atoms with Gasteiger partial charge in [0.15, 0.2) is 0 Å². The van der Waals surface area contributed by atoms with Crippen LogP contribution in [0.3, 0.4) is 0 Å². The molecule has 3 rings (SSSR count). The van der Waals surface area contributed by atoms with E-state index in [0.717, 1.165) is 12.2 Å². The summed E-state index contributed by atoms with van der Waals surface area (Å²) in [5, 5.41) is 0. The molecule has 0 aliphatic carbocycles. The largest absolute Gasteiger partial charge is 0.496 e. The van der Waals surface area contributed by atoms with Crippen molar-refractivity contribution in [3.05, 3.63) is 76.3 Å². The molecule has 1 heteroatoms. The van der Waals surface area contributed by atoms with Crippen molar-refractivity contribution in [1.82, 2.24) is 0 Å². The minimum Gasteiger partial charge on any atom is -0.496 e. The van der Waals surface area contributed by atoms with Crippen LogP contribution >= 0.6 is 0 Å². The fourth-order valence-corrected chi connectivity index (χ4v) is 4.98. The lowest BCUT2D eigenvalue weighted by atomic mass is 9.78. The number of benzene rings is 3. The zero-order valence-electron chi connectivity index (χ0n) is 25.8. The molecule has 0 heterocycles. The zero-order chi connectivity index (χ0) is 27.9. The van der Waals surface area contributed by atoms with Gasteiger partial charge in [-0.1, -0.05) is 113 Å². The van der Waals surface area contributed by atoms with E-state index in [1.807, 2.05) is 0 Å². The molecule has 0 atom stereocenters. The second-order valence-corrected chi connectivity index (χ2v) is 14.4.